The molecule has 122 valence electrons. The number of ether oxygens (including phenoxy) is 3. The van der Waals surface area contributed by atoms with E-state index in [9.17, 15) is 4.79 Å². The van der Waals surface area contributed by atoms with Crippen LogP contribution in [0.3, 0.4) is 0 Å². The van der Waals surface area contributed by atoms with E-state index in [1.165, 1.54) is 7.11 Å². The van der Waals surface area contributed by atoms with Crippen molar-refractivity contribution in [1.29, 1.82) is 0 Å². The standard InChI is InChI=1S/C17H25NO4/c1-5-8-10-21-15-13(7-3)12-18-16(20-4)14(15)17(19)22-11-9-6-2/h7,12H,3,5-6,8-11H2,1-2,4H3. The summed E-state index contributed by atoms with van der Waals surface area (Å²) in [5, 5.41) is 0. The van der Waals surface area contributed by atoms with Gasteiger partial charge in [0.25, 0.3) is 0 Å². The molecule has 0 aliphatic carbocycles. The first kappa shape index (κ1) is 18.0. The maximum absolute atomic E-state index is 12.4. The second-order valence-electron chi connectivity index (χ2n) is 4.82. The zero-order valence-electron chi connectivity index (χ0n) is 13.7. The van der Waals surface area contributed by atoms with E-state index in [4.69, 9.17) is 14.2 Å². The quantitative estimate of drug-likeness (QED) is 0.485. The largest absolute Gasteiger partial charge is 0.492 e. The molecule has 0 bridgehead atoms. The Balaban J connectivity index is 3.12. The van der Waals surface area contributed by atoms with Crippen molar-refractivity contribution in [3.05, 3.63) is 23.9 Å². The smallest absolute Gasteiger partial charge is 0.347 e. The van der Waals surface area contributed by atoms with E-state index in [2.05, 4.69) is 18.5 Å². The van der Waals surface area contributed by atoms with Crippen LogP contribution in [0.15, 0.2) is 12.8 Å². The van der Waals surface area contributed by atoms with E-state index >= 15 is 0 Å². The average molecular weight is 307 g/mol. The summed E-state index contributed by atoms with van der Waals surface area (Å²) in [7, 11) is 1.47. The van der Waals surface area contributed by atoms with Gasteiger partial charge in [0.1, 0.15) is 5.75 Å². The Bertz CT molecular complexity index is 500. The Labute approximate surface area is 132 Å². The van der Waals surface area contributed by atoms with Gasteiger partial charge >= 0.3 is 5.97 Å². The molecule has 0 radical (unpaired) electrons. The molecule has 1 rings (SSSR count). The third kappa shape index (κ3) is 4.76. The number of hydrogen-bond donors (Lipinski definition) is 0. The van der Waals surface area contributed by atoms with E-state index in [0.29, 0.717) is 24.5 Å². The monoisotopic (exact) mass is 307 g/mol. The summed E-state index contributed by atoms with van der Waals surface area (Å²) < 4.78 is 16.3. The molecule has 0 atom stereocenters. The van der Waals surface area contributed by atoms with Crippen molar-refractivity contribution in [2.45, 2.75) is 39.5 Å². The van der Waals surface area contributed by atoms with E-state index in [-0.39, 0.29) is 11.4 Å². The molecule has 1 aromatic heterocycles. The number of methoxy groups -OCH3 is 1. The van der Waals surface area contributed by atoms with Crippen molar-refractivity contribution < 1.29 is 19.0 Å². The molecular weight excluding hydrogens is 282 g/mol. The van der Waals surface area contributed by atoms with Crippen molar-refractivity contribution >= 4 is 12.0 Å². The van der Waals surface area contributed by atoms with Crippen LogP contribution in [0, 0.1) is 0 Å². The third-order valence-electron chi connectivity index (χ3n) is 3.12. The minimum absolute atomic E-state index is 0.207. The molecule has 1 aromatic rings. The molecule has 0 amide bonds. The lowest BCUT2D eigenvalue weighted by Gasteiger charge is -2.15. The first-order valence-corrected chi connectivity index (χ1v) is 7.68. The van der Waals surface area contributed by atoms with E-state index in [0.717, 1.165) is 25.7 Å². The number of unbranched alkanes of at least 4 members (excludes halogenated alkanes) is 2. The molecular formula is C17H25NO4. The van der Waals surface area contributed by atoms with Crippen LogP contribution in [-0.2, 0) is 4.74 Å². The molecule has 0 saturated heterocycles. The highest BCUT2D eigenvalue weighted by Crippen LogP contribution is 2.32. The van der Waals surface area contributed by atoms with Crippen LogP contribution < -0.4 is 9.47 Å². The van der Waals surface area contributed by atoms with Gasteiger partial charge in [-0.2, -0.15) is 0 Å². The number of rotatable bonds is 10. The molecule has 0 aromatic carbocycles. The van der Waals surface area contributed by atoms with Gasteiger partial charge in [-0.25, -0.2) is 9.78 Å². The van der Waals surface area contributed by atoms with Gasteiger partial charge in [-0.1, -0.05) is 39.3 Å². The molecule has 1 heterocycles. The predicted molar refractivity (Wildman–Crippen MR) is 86.5 cm³/mol. The van der Waals surface area contributed by atoms with Crippen LogP contribution in [0.25, 0.3) is 6.08 Å². The van der Waals surface area contributed by atoms with Gasteiger partial charge in [-0.05, 0) is 12.8 Å². The first-order valence-electron chi connectivity index (χ1n) is 7.68. The van der Waals surface area contributed by atoms with Gasteiger partial charge in [0.2, 0.25) is 5.88 Å². The van der Waals surface area contributed by atoms with Gasteiger partial charge in [0.15, 0.2) is 5.56 Å². The summed E-state index contributed by atoms with van der Waals surface area (Å²) in [5.41, 5.74) is 0.881. The summed E-state index contributed by atoms with van der Waals surface area (Å²) in [6, 6.07) is 0. The number of pyridine rings is 1. The average Bonchev–Trinajstić information content (AvgIpc) is 2.54. The van der Waals surface area contributed by atoms with Crippen LogP contribution in [0.5, 0.6) is 11.6 Å². The molecule has 22 heavy (non-hydrogen) atoms. The van der Waals surface area contributed by atoms with E-state index < -0.39 is 5.97 Å². The van der Waals surface area contributed by atoms with Gasteiger partial charge in [-0.15, -0.1) is 0 Å². The van der Waals surface area contributed by atoms with Crippen LogP contribution in [0.2, 0.25) is 0 Å². The molecule has 0 unspecified atom stereocenters. The fraction of sp³-hybridized carbons (Fsp3) is 0.529. The summed E-state index contributed by atoms with van der Waals surface area (Å²) >= 11 is 0. The number of aromatic nitrogens is 1. The number of carbonyl (C=O) groups excluding carboxylic acids is 1. The highest BCUT2D eigenvalue weighted by molar-refractivity contribution is 5.96. The molecule has 0 aliphatic heterocycles. The highest BCUT2D eigenvalue weighted by Gasteiger charge is 2.24. The predicted octanol–water partition coefficient (Wildman–Crippen LogP) is 3.87. The van der Waals surface area contributed by atoms with Gasteiger partial charge < -0.3 is 14.2 Å². The summed E-state index contributed by atoms with van der Waals surface area (Å²) in [4.78, 5) is 16.5. The topological polar surface area (TPSA) is 57.7 Å². The summed E-state index contributed by atoms with van der Waals surface area (Å²) in [5.74, 6) is 0.156. The van der Waals surface area contributed by atoms with Crippen molar-refractivity contribution in [3.63, 3.8) is 0 Å². The number of esters is 1. The molecule has 0 spiro atoms. The third-order valence-corrected chi connectivity index (χ3v) is 3.12. The zero-order chi connectivity index (χ0) is 16.4. The fourth-order valence-corrected chi connectivity index (χ4v) is 1.83. The van der Waals surface area contributed by atoms with Gasteiger partial charge in [0, 0.05) is 11.8 Å². The Morgan fingerprint density at radius 2 is 1.95 bits per heavy atom. The molecule has 0 fully saturated rings. The minimum atomic E-state index is -0.479. The molecule has 0 saturated carbocycles. The van der Waals surface area contributed by atoms with Crippen molar-refractivity contribution in [3.8, 4) is 11.6 Å². The second-order valence-corrected chi connectivity index (χ2v) is 4.82. The van der Waals surface area contributed by atoms with Crippen molar-refractivity contribution in [1.82, 2.24) is 4.98 Å². The number of carbonyl (C=O) groups is 1. The van der Waals surface area contributed by atoms with Gasteiger partial charge in [-0.3, -0.25) is 0 Å². The molecule has 5 nitrogen and oxygen atoms in total. The molecule has 0 aliphatic rings. The lowest BCUT2D eigenvalue weighted by molar-refractivity contribution is 0.0490. The second kappa shape index (κ2) is 9.82. The van der Waals surface area contributed by atoms with E-state index in [1.54, 1.807) is 12.3 Å². The lowest BCUT2D eigenvalue weighted by Crippen LogP contribution is -2.13. The van der Waals surface area contributed by atoms with Crippen LogP contribution in [-0.4, -0.2) is 31.3 Å². The highest BCUT2D eigenvalue weighted by atomic mass is 16.5. The van der Waals surface area contributed by atoms with Crippen molar-refractivity contribution in [2.24, 2.45) is 0 Å². The Morgan fingerprint density at radius 3 is 2.55 bits per heavy atom. The maximum atomic E-state index is 12.4. The normalized spacial score (nSPS) is 10.1. The van der Waals surface area contributed by atoms with E-state index in [1.807, 2.05) is 6.92 Å². The SMILES string of the molecule is C=Cc1cnc(OC)c(C(=O)OCCCC)c1OCCCC. The van der Waals surface area contributed by atoms with Crippen LogP contribution >= 0.6 is 0 Å². The Kier molecular flexibility index (Phi) is 8.04. The number of nitrogens with zero attached hydrogens (tertiary/aromatic N) is 1. The minimum Gasteiger partial charge on any atom is -0.492 e. The fourth-order valence-electron chi connectivity index (χ4n) is 1.83. The Hall–Kier alpha value is -2.04. The summed E-state index contributed by atoms with van der Waals surface area (Å²) in [6.45, 7) is 8.73. The zero-order valence-corrected chi connectivity index (χ0v) is 13.7. The maximum Gasteiger partial charge on any atom is 0.347 e. The van der Waals surface area contributed by atoms with Gasteiger partial charge in [0.05, 0.1) is 20.3 Å². The molecule has 5 heteroatoms. The van der Waals surface area contributed by atoms with Crippen molar-refractivity contribution in [2.75, 3.05) is 20.3 Å². The Morgan fingerprint density at radius 1 is 1.27 bits per heavy atom. The molecule has 0 N–H and O–H groups in total. The summed E-state index contributed by atoms with van der Waals surface area (Å²) in [6.07, 6.45) is 6.85. The number of hydrogen-bond acceptors (Lipinski definition) is 5. The van der Waals surface area contributed by atoms with Crippen LogP contribution in [0.1, 0.15) is 55.5 Å². The van der Waals surface area contributed by atoms with Crippen LogP contribution in [0.4, 0.5) is 0 Å². The lowest BCUT2D eigenvalue weighted by atomic mass is 10.1. The first-order chi connectivity index (χ1) is 10.7.